The third-order valence-electron chi connectivity index (χ3n) is 2.58. The fourth-order valence-corrected chi connectivity index (χ4v) is 1.65. The quantitative estimate of drug-likeness (QED) is 0.728. The van der Waals surface area contributed by atoms with Crippen molar-refractivity contribution < 1.29 is 14.1 Å². The normalized spacial score (nSPS) is 24.6. The van der Waals surface area contributed by atoms with Crippen molar-refractivity contribution in [2.75, 3.05) is 13.2 Å². The van der Waals surface area contributed by atoms with E-state index in [0.717, 1.165) is 5.76 Å². The molecule has 2 rings (SSSR count). The predicted octanol–water partition coefficient (Wildman–Crippen LogP) is -0.427. The highest BCUT2D eigenvalue weighted by atomic mass is 16.5. The highest BCUT2D eigenvalue weighted by molar-refractivity contribution is 5.79. The number of hydrogen-bond donors (Lipinski definition) is 2. The zero-order valence-electron chi connectivity index (χ0n) is 9.10. The highest BCUT2D eigenvalue weighted by Gasteiger charge is 2.31. The summed E-state index contributed by atoms with van der Waals surface area (Å²) in [7, 11) is 0. The fourth-order valence-electron chi connectivity index (χ4n) is 1.65. The molecule has 0 aromatic carbocycles. The zero-order chi connectivity index (χ0) is 11.5. The predicted molar refractivity (Wildman–Crippen MR) is 55.4 cm³/mol. The Bertz CT molecular complexity index is 377. The van der Waals surface area contributed by atoms with Crippen LogP contribution in [-0.4, -0.2) is 30.3 Å². The molecule has 3 N–H and O–H groups in total. The van der Waals surface area contributed by atoms with Gasteiger partial charge in [0.2, 0.25) is 5.91 Å². The van der Waals surface area contributed by atoms with Gasteiger partial charge in [-0.3, -0.25) is 4.79 Å². The minimum Gasteiger partial charge on any atom is -0.379 e. The van der Waals surface area contributed by atoms with Crippen LogP contribution in [0.2, 0.25) is 0 Å². The molecular weight excluding hydrogens is 210 g/mol. The number of aromatic nitrogens is 1. The van der Waals surface area contributed by atoms with Crippen LogP contribution < -0.4 is 11.1 Å². The van der Waals surface area contributed by atoms with E-state index in [1.54, 1.807) is 13.0 Å². The minimum absolute atomic E-state index is 0.0920. The molecule has 88 valence electrons. The topological polar surface area (TPSA) is 90.4 Å². The van der Waals surface area contributed by atoms with Gasteiger partial charge in [-0.05, 0) is 6.92 Å². The summed E-state index contributed by atoms with van der Waals surface area (Å²) in [6, 6.07) is 1.57. The van der Waals surface area contributed by atoms with Crippen LogP contribution in [0.15, 0.2) is 10.6 Å². The Balaban J connectivity index is 1.83. The molecule has 1 aromatic rings. The maximum atomic E-state index is 11.7. The first kappa shape index (κ1) is 11.1. The maximum absolute atomic E-state index is 11.7. The van der Waals surface area contributed by atoms with E-state index < -0.39 is 0 Å². The maximum Gasteiger partial charge on any atom is 0.227 e. The van der Waals surface area contributed by atoms with Crippen molar-refractivity contribution in [2.45, 2.75) is 19.5 Å². The van der Waals surface area contributed by atoms with E-state index in [-0.39, 0.29) is 17.9 Å². The largest absolute Gasteiger partial charge is 0.379 e. The van der Waals surface area contributed by atoms with Crippen molar-refractivity contribution in [1.29, 1.82) is 0 Å². The fraction of sp³-hybridized carbons (Fsp3) is 0.600. The number of aryl methyl sites for hydroxylation is 1. The van der Waals surface area contributed by atoms with Crippen molar-refractivity contribution in [3.8, 4) is 0 Å². The number of carbonyl (C=O) groups is 1. The number of nitrogens with two attached hydrogens (primary N) is 1. The highest BCUT2D eigenvalue weighted by Crippen LogP contribution is 2.11. The van der Waals surface area contributed by atoms with E-state index in [0.29, 0.717) is 25.5 Å². The molecule has 2 atom stereocenters. The molecule has 0 aliphatic carbocycles. The van der Waals surface area contributed by atoms with E-state index in [1.165, 1.54) is 0 Å². The molecule has 1 aromatic heterocycles. The minimum atomic E-state index is -0.256. The molecule has 2 heterocycles. The summed E-state index contributed by atoms with van der Waals surface area (Å²) in [5.74, 6) is 0.379. The Morgan fingerprint density at radius 3 is 3.06 bits per heavy atom. The van der Waals surface area contributed by atoms with E-state index in [1.807, 2.05) is 0 Å². The molecule has 6 heteroatoms. The van der Waals surface area contributed by atoms with Crippen LogP contribution in [0.25, 0.3) is 0 Å². The zero-order valence-corrected chi connectivity index (χ0v) is 9.10. The first-order valence-electron chi connectivity index (χ1n) is 5.20. The summed E-state index contributed by atoms with van der Waals surface area (Å²) in [5.41, 5.74) is 6.44. The van der Waals surface area contributed by atoms with Crippen LogP contribution in [0.4, 0.5) is 0 Å². The average Bonchev–Trinajstić information content (AvgIpc) is 2.84. The number of nitrogens with one attached hydrogen (secondary N) is 1. The van der Waals surface area contributed by atoms with Crippen LogP contribution in [0.1, 0.15) is 11.5 Å². The molecule has 0 bridgehead atoms. The molecule has 1 aliphatic rings. The van der Waals surface area contributed by atoms with Crippen LogP contribution in [0.5, 0.6) is 0 Å². The Labute approximate surface area is 93.1 Å². The SMILES string of the molecule is Cc1cc(CNC(=O)C2COCC2N)no1. The third kappa shape index (κ3) is 2.40. The molecular formula is C10H15N3O3. The van der Waals surface area contributed by atoms with E-state index in [4.69, 9.17) is 15.0 Å². The van der Waals surface area contributed by atoms with Gasteiger partial charge >= 0.3 is 0 Å². The molecule has 16 heavy (non-hydrogen) atoms. The molecule has 0 saturated carbocycles. The summed E-state index contributed by atoms with van der Waals surface area (Å²) in [4.78, 5) is 11.7. The molecule has 1 aliphatic heterocycles. The molecule has 1 fully saturated rings. The van der Waals surface area contributed by atoms with Crippen LogP contribution in [-0.2, 0) is 16.1 Å². The Hall–Kier alpha value is -1.40. The lowest BCUT2D eigenvalue weighted by Crippen LogP contribution is -2.40. The number of ether oxygens (including phenoxy) is 1. The third-order valence-corrected chi connectivity index (χ3v) is 2.58. The lowest BCUT2D eigenvalue weighted by molar-refractivity contribution is -0.125. The van der Waals surface area contributed by atoms with Gasteiger partial charge in [-0.15, -0.1) is 0 Å². The lowest BCUT2D eigenvalue weighted by atomic mass is 10.0. The van der Waals surface area contributed by atoms with Gasteiger partial charge in [0.05, 0.1) is 25.7 Å². The number of nitrogens with zero attached hydrogens (tertiary/aromatic N) is 1. The molecule has 2 unspecified atom stereocenters. The van der Waals surface area contributed by atoms with Gasteiger partial charge in [0, 0.05) is 12.1 Å². The van der Waals surface area contributed by atoms with Crippen LogP contribution in [0, 0.1) is 12.8 Å². The van der Waals surface area contributed by atoms with Gasteiger partial charge < -0.3 is 20.3 Å². The Morgan fingerprint density at radius 1 is 1.69 bits per heavy atom. The number of carbonyl (C=O) groups excluding carboxylic acids is 1. The Morgan fingerprint density at radius 2 is 2.50 bits per heavy atom. The van der Waals surface area contributed by atoms with Crippen molar-refractivity contribution in [3.63, 3.8) is 0 Å². The van der Waals surface area contributed by atoms with Crippen molar-refractivity contribution in [3.05, 3.63) is 17.5 Å². The van der Waals surface area contributed by atoms with Gasteiger partial charge in [-0.2, -0.15) is 0 Å². The van der Waals surface area contributed by atoms with Crippen LogP contribution >= 0.6 is 0 Å². The molecule has 6 nitrogen and oxygen atoms in total. The monoisotopic (exact) mass is 225 g/mol. The summed E-state index contributed by atoms with van der Waals surface area (Å²) in [6.45, 7) is 3.00. The molecule has 1 saturated heterocycles. The lowest BCUT2D eigenvalue weighted by Gasteiger charge is -2.12. The average molecular weight is 225 g/mol. The van der Waals surface area contributed by atoms with Crippen LogP contribution in [0.3, 0.4) is 0 Å². The van der Waals surface area contributed by atoms with E-state index in [2.05, 4.69) is 10.5 Å². The first-order valence-corrected chi connectivity index (χ1v) is 5.20. The van der Waals surface area contributed by atoms with Gasteiger partial charge in [0.25, 0.3) is 0 Å². The molecule has 0 radical (unpaired) electrons. The molecule has 0 spiro atoms. The Kier molecular flexibility index (Phi) is 3.21. The summed E-state index contributed by atoms with van der Waals surface area (Å²) in [6.07, 6.45) is 0. The summed E-state index contributed by atoms with van der Waals surface area (Å²) in [5, 5.41) is 6.54. The summed E-state index contributed by atoms with van der Waals surface area (Å²) < 4.78 is 10.0. The number of amides is 1. The van der Waals surface area contributed by atoms with Gasteiger partial charge in [-0.1, -0.05) is 5.16 Å². The van der Waals surface area contributed by atoms with Gasteiger partial charge in [0.1, 0.15) is 11.5 Å². The second kappa shape index (κ2) is 4.63. The van der Waals surface area contributed by atoms with E-state index in [9.17, 15) is 4.79 Å². The van der Waals surface area contributed by atoms with Crippen molar-refractivity contribution in [1.82, 2.24) is 10.5 Å². The van der Waals surface area contributed by atoms with Gasteiger partial charge in [0.15, 0.2) is 0 Å². The summed E-state index contributed by atoms with van der Waals surface area (Å²) >= 11 is 0. The van der Waals surface area contributed by atoms with Crippen molar-refractivity contribution >= 4 is 5.91 Å². The standard InChI is InChI=1S/C10H15N3O3/c1-6-2-7(13-16-6)3-12-10(14)8-4-15-5-9(8)11/h2,8-9H,3-5,11H2,1H3,(H,12,14). The first-order chi connectivity index (χ1) is 7.66. The second-order valence-corrected chi connectivity index (χ2v) is 3.95. The molecule has 1 amide bonds. The number of hydrogen-bond acceptors (Lipinski definition) is 5. The smallest absolute Gasteiger partial charge is 0.227 e. The van der Waals surface area contributed by atoms with E-state index >= 15 is 0 Å². The number of rotatable bonds is 3. The second-order valence-electron chi connectivity index (χ2n) is 3.95. The van der Waals surface area contributed by atoms with Gasteiger partial charge in [-0.25, -0.2) is 0 Å². The van der Waals surface area contributed by atoms with Crippen molar-refractivity contribution in [2.24, 2.45) is 11.7 Å².